The monoisotopic (exact) mass is 256 g/mol. The van der Waals surface area contributed by atoms with Crippen molar-refractivity contribution in [1.29, 1.82) is 0 Å². The highest BCUT2D eigenvalue weighted by molar-refractivity contribution is 5.80. The van der Waals surface area contributed by atoms with Crippen LogP contribution in [0.5, 0.6) is 0 Å². The van der Waals surface area contributed by atoms with Crippen LogP contribution in [0.25, 0.3) is 11.1 Å². The maximum Gasteiger partial charge on any atom is 0.342 e. The summed E-state index contributed by atoms with van der Waals surface area (Å²) in [5.74, 6) is -0.667. The predicted molar refractivity (Wildman–Crippen MR) is 73.5 cm³/mol. The van der Waals surface area contributed by atoms with E-state index in [0.29, 0.717) is 5.56 Å². The first kappa shape index (κ1) is 13.3. The maximum atomic E-state index is 11.5. The summed E-state index contributed by atoms with van der Waals surface area (Å²) in [4.78, 5) is 11.5. The molecule has 0 radical (unpaired) electrons. The van der Waals surface area contributed by atoms with E-state index in [0.717, 1.165) is 11.1 Å². The lowest BCUT2D eigenvalue weighted by Crippen LogP contribution is -2.33. The Kier molecular flexibility index (Phi) is 3.67. The highest BCUT2D eigenvalue weighted by Crippen LogP contribution is 2.25. The molecule has 0 bridgehead atoms. The molecule has 3 nitrogen and oxygen atoms in total. The number of carbonyl (C=O) groups is 1. The molecule has 0 heterocycles. The normalized spacial score (nSPS) is 13.6. The largest absolute Gasteiger partial charge is 0.467 e. The van der Waals surface area contributed by atoms with E-state index >= 15 is 0 Å². The lowest BCUT2D eigenvalue weighted by Gasteiger charge is -2.20. The third-order valence-electron chi connectivity index (χ3n) is 3.14. The van der Waals surface area contributed by atoms with Crippen LogP contribution in [0.15, 0.2) is 54.6 Å². The fraction of sp³-hybridized carbons (Fsp3) is 0.188. The highest BCUT2D eigenvalue weighted by Gasteiger charge is 2.33. The molecular weight excluding hydrogens is 240 g/mol. The van der Waals surface area contributed by atoms with E-state index in [4.69, 9.17) is 0 Å². The Bertz CT molecular complexity index is 556. The smallest absolute Gasteiger partial charge is 0.342 e. The number of aliphatic hydroxyl groups is 1. The van der Waals surface area contributed by atoms with Crippen LogP contribution >= 0.6 is 0 Å². The minimum absolute atomic E-state index is 0.513. The summed E-state index contributed by atoms with van der Waals surface area (Å²) in [6.07, 6.45) is 0. The molecule has 1 atom stereocenters. The van der Waals surface area contributed by atoms with Crippen LogP contribution in [0.2, 0.25) is 0 Å². The molecule has 0 aromatic heterocycles. The van der Waals surface area contributed by atoms with Crippen molar-refractivity contribution in [1.82, 2.24) is 0 Å². The molecule has 3 heteroatoms. The minimum atomic E-state index is -1.62. The van der Waals surface area contributed by atoms with Gasteiger partial charge < -0.3 is 9.84 Å². The summed E-state index contributed by atoms with van der Waals surface area (Å²) in [7, 11) is 1.26. The van der Waals surface area contributed by atoms with Gasteiger partial charge in [-0.05, 0) is 23.6 Å². The molecule has 0 amide bonds. The van der Waals surface area contributed by atoms with Crippen molar-refractivity contribution in [3.05, 3.63) is 60.2 Å². The van der Waals surface area contributed by atoms with Crippen LogP contribution < -0.4 is 0 Å². The SMILES string of the molecule is COC(=O)[C@@](C)(O)c1ccc(-c2ccccc2)cc1. The van der Waals surface area contributed by atoms with E-state index < -0.39 is 11.6 Å². The Morgan fingerprint density at radius 1 is 1.00 bits per heavy atom. The number of ether oxygens (including phenoxy) is 1. The number of hydrogen-bond donors (Lipinski definition) is 1. The zero-order valence-corrected chi connectivity index (χ0v) is 11.0. The summed E-state index contributed by atoms with van der Waals surface area (Å²) < 4.78 is 4.60. The Morgan fingerprint density at radius 2 is 1.53 bits per heavy atom. The van der Waals surface area contributed by atoms with Gasteiger partial charge in [-0.25, -0.2) is 4.79 Å². The van der Waals surface area contributed by atoms with Crippen LogP contribution in [0.3, 0.4) is 0 Å². The first-order valence-electron chi connectivity index (χ1n) is 6.02. The minimum Gasteiger partial charge on any atom is -0.467 e. The van der Waals surface area contributed by atoms with Crippen LogP contribution in [-0.2, 0) is 15.1 Å². The summed E-state index contributed by atoms with van der Waals surface area (Å²) in [5.41, 5.74) is 1.01. The number of hydrogen-bond acceptors (Lipinski definition) is 3. The maximum absolute atomic E-state index is 11.5. The summed E-state index contributed by atoms with van der Waals surface area (Å²) in [6, 6.07) is 17.1. The van der Waals surface area contributed by atoms with E-state index in [1.54, 1.807) is 12.1 Å². The van der Waals surface area contributed by atoms with E-state index in [1.807, 2.05) is 42.5 Å². The second-order valence-corrected chi connectivity index (χ2v) is 4.51. The third-order valence-corrected chi connectivity index (χ3v) is 3.14. The van der Waals surface area contributed by atoms with Gasteiger partial charge in [0.25, 0.3) is 0 Å². The van der Waals surface area contributed by atoms with Crippen molar-refractivity contribution < 1.29 is 14.6 Å². The van der Waals surface area contributed by atoms with E-state index in [1.165, 1.54) is 14.0 Å². The zero-order valence-electron chi connectivity index (χ0n) is 11.0. The van der Waals surface area contributed by atoms with Crippen molar-refractivity contribution >= 4 is 5.97 Å². The van der Waals surface area contributed by atoms with Gasteiger partial charge in [-0.2, -0.15) is 0 Å². The summed E-state index contributed by atoms with van der Waals surface area (Å²) >= 11 is 0. The van der Waals surface area contributed by atoms with Crippen LogP contribution in [0, 0.1) is 0 Å². The number of carbonyl (C=O) groups excluding carboxylic acids is 1. The topological polar surface area (TPSA) is 46.5 Å². The summed E-state index contributed by atoms with van der Waals surface area (Å²) in [6.45, 7) is 1.43. The quantitative estimate of drug-likeness (QED) is 0.859. The van der Waals surface area contributed by atoms with Crippen molar-refractivity contribution in [2.24, 2.45) is 0 Å². The molecule has 19 heavy (non-hydrogen) atoms. The standard InChI is InChI=1S/C16H16O3/c1-16(18,15(17)19-2)14-10-8-13(9-11-14)12-6-4-3-5-7-12/h3-11,18H,1-2H3/t16-/m0/s1. The predicted octanol–water partition coefficient (Wildman–Crippen LogP) is 2.73. The second-order valence-electron chi connectivity index (χ2n) is 4.51. The molecule has 0 aliphatic heterocycles. The van der Waals surface area contributed by atoms with Gasteiger partial charge in [-0.3, -0.25) is 0 Å². The van der Waals surface area contributed by atoms with Gasteiger partial charge in [0.2, 0.25) is 0 Å². The van der Waals surface area contributed by atoms with Gasteiger partial charge in [0.15, 0.2) is 5.60 Å². The Morgan fingerprint density at radius 3 is 2.05 bits per heavy atom. The van der Waals surface area contributed by atoms with Crippen molar-refractivity contribution in [2.75, 3.05) is 7.11 Å². The fourth-order valence-electron chi connectivity index (χ4n) is 1.93. The third kappa shape index (κ3) is 2.66. The lowest BCUT2D eigenvalue weighted by atomic mass is 9.94. The molecule has 0 spiro atoms. The fourth-order valence-corrected chi connectivity index (χ4v) is 1.93. The zero-order chi connectivity index (χ0) is 13.9. The molecule has 0 aliphatic carbocycles. The van der Waals surface area contributed by atoms with Gasteiger partial charge >= 0.3 is 5.97 Å². The summed E-state index contributed by atoms with van der Waals surface area (Å²) in [5, 5.41) is 10.1. The van der Waals surface area contributed by atoms with Gasteiger partial charge in [0, 0.05) is 0 Å². The molecule has 1 N–H and O–H groups in total. The van der Waals surface area contributed by atoms with Crippen molar-refractivity contribution in [2.45, 2.75) is 12.5 Å². The van der Waals surface area contributed by atoms with E-state index in [9.17, 15) is 9.90 Å². The molecular formula is C16H16O3. The number of methoxy groups -OCH3 is 1. The van der Waals surface area contributed by atoms with Gasteiger partial charge in [-0.15, -0.1) is 0 Å². The molecule has 0 fully saturated rings. The van der Waals surface area contributed by atoms with E-state index in [-0.39, 0.29) is 0 Å². The van der Waals surface area contributed by atoms with Gasteiger partial charge in [0.1, 0.15) is 0 Å². The molecule has 0 saturated carbocycles. The molecule has 0 saturated heterocycles. The van der Waals surface area contributed by atoms with Crippen molar-refractivity contribution in [3.8, 4) is 11.1 Å². The average molecular weight is 256 g/mol. The lowest BCUT2D eigenvalue weighted by molar-refractivity contribution is -0.161. The van der Waals surface area contributed by atoms with Crippen LogP contribution in [-0.4, -0.2) is 18.2 Å². The average Bonchev–Trinajstić information content (AvgIpc) is 2.47. The first-order chi connectivity index (χ1) is 9.05. The number of benzene rings is 2. The first-order valence-corrected chi connectivity index (χ1v) is 6.02. The highest BCUT2D eigenvalue weighted by atomic mass is 16.5. The van der Waals surface area contributed by atoms with Crippen molar-refractivity contribution in [3.63, 3.8) is 0 Å². The number of esters is 1. The van der Waals surface area contributed by atoms with E-state index in [2.05, 4.69) is 4.74 Å². The Hall–Kier alpha value is -2.13. The number of rotatable bonds is 3. The Labute approximate surface area is 112 Å². The molecule has 0 unspecified atom stereocenters. The van der Waals surface area contributed by atoms with Crippen LogP contribution in [0.1, 0.15) is 12.5 Å². The van der Waals surface area contributed by atoms with Gasteiger partial charge in [-0.1, -0.05) is 54.6 Å². The second kappa shape index (κ2) is 5.24. The molecule has 98 valence electrons. The van der Waals surface area contributed by atoms with Crippen LogP contribution in [0.4, 0.5) is 0 Å². The molecule has 2 aromatic rings. The van der Waals surface area contributed by atoms with Gasteiger partial charge in [0.05, 0.1) is 7.11 Å². The molecule has 2 aromatic carbocycles. The Balaban J connectivity index is 2.31. The molecule has 0 aliphatic rings. The molecule has 2 rings (SSSR count).